The Kier molecular flexibility index (Phi) is 10.9. The topological polar surface area (TPSA) is 53.8 Å². The highest BCUT2D eigenvalue weighted by molar-refractivity contribution is 6.03. The molecule has 0 spiro atoms. The third-order valence-electron chi connectivity index (χ3n) is 10.6. The summed E-state index contributed by atoms with van der Waals surface area (Å²) in [6.07, 6.45) is 13.8. The van der Waals surface area contributed by atoms with Crippen LogP contribution in [0.1, 0.15) is 106 Å². The van der Waals surface area contributed by atoms with Gasteiger partial charge in [-0.2, -0.15) is 4.58 Å². The molecule has 6 nitrogen and oxygen atoms in total. The van der Waals surface area contributed by atoms with Gasteiger partial charge in [-0.05, 0) is 119 Å². The van der Waals surface area contributed by atoms with E-state index in [1.54, 1.807) is 0 Å². The van der Waals surface area contributed by atoms with Crippen LogP contribution in [-0.2, 0) is 15.6 Å². The van der Waals surface area contributed by atoms with E-state index in [1.807, 2.05) is 45.0 Å². The van der Waals surface area contributed by atoms with Crippen molar-refractivity contribution < 1.29 is 18.8 Å². The Bertz CT molecular complexity index is 2000. The van der Waals surface area contributed by atoms with Gasteiger partial charge in [0.1, 0.15) is 23.7 Å². The van der Waals surface area contributed by atoms with Crippen LogP contribution in [0.4, 0.5) is 21.9 Å². The van der Waals surface area contributed by atoms with Crippen LogP contribution in [0.25, 0.3) is 0 Å². The lowest BCUT2D eigenvalue weighted by atomic mass is 9.81. The average Bonchev–Trinajstić information content (AvgIpc) is 3.45. The first-order valence-corrected chi connectivity index (χ1v) is 19.5. The number of para-hydroxylation sites is 2. The van der Waals surface area contributed by atoms with Gasteiger partial charge in [0.05, 0.1) is 5.41 Å². The number of anilines is 2. The number of ether oxygens (including phenoxy) is 2. The van der Waals surface area contributed by atoms with Gasteiger partial charge in [0.15, 0.2) is 5.71 Å². The Morgan fingerprint density at radius 2 is 1.55 bits per heavy atom. The van der Waals surface area contributed by atoms with E-state index in [2.05, 4.69) is 129 Å². The van der Waals surface area contributed by atoms with E-state index in [9.17, 15) is 4.79 Å². The molecule has 53 heavy (non-hydrogen) atoms. The van der Waals surface area contributed by atoms with Crippen molar-refractivity contribution >= 4 is 28.9 Å². The Labute approximate surface area is 317 Å². The standard InChI is InChI=1S/C47H57N3O3/c1-10-31-49-39-21-14-12-19-37(39)46(6,7)41(49)29-23-33-17-16-18-34(24-30-42-47(8,9)38-20-13-15-22-40(38)50(42)32-11-2)43(33)52-36-27-25-35(26-28-36)48-44(51)53-45(3,4)5/h12-15,19-30H,10-11,16-18,31-32H2,1-9H3/p+1. The molecule has 3 aromatic rings. The molecule has 2 aliphatic heterocycles. The number of nitrogens with one attached hydrogen (secondary N) is 1. The summed E-state index contributed by atoms with van der Waals surface area (Å²) in [5, 5.41) is 2.84. The molecule has 6 rings (SSSR count). The number of amides is 1. The molecule has 0 atom stereocenters. The Morgan fingerprint density at radius 3 is 2.25 bits per heavy atom. The Balaban J connectivity index is 1.40. The molecule has 2 heterocycles. The second kappa shape index (κ2) is 15.3. The minimum atomic E-state index is -0.574. The minimum absolute atomic E-state index is 0.121. The molecule has 1 amide bonds. The fraction of sp³-hybridized carbons (Fsp3) is 0.404. The Hall–Kier alpha value is -4.84. The van der Waals surface area contributed by atoms with Gasteiger partial charge >= 0.3 is 6.09 Å². The number of benzene rings is 3. The predicted molar refractivity (Wildman–Crippen MR) is 220 cm³/mol. The third-order valence-corrected chi connectivity index (χ3v) is 10.6. The summed E-state index contributed by atoms with van der Waals surface area (Å²) in [7, 11) is 0. The summed E-state index contributed by atoms with van der Waals surface area (Å²) in [5.41, 5.74) is 10.2. The van der Waals surface area contributed by atoms with Crippen LogP contribution in [0.15, 0.2) is 120 Å². The average molecular weight is 713 g/mol. The van der Waals surface area contributed by atoms with Crippen LogP contribution in [0.3, 0.4) is 0 Å². The second-order valence-corrected chi connectivity index (χ2v) is 16.5. The molecule has 1 aliphatic carbocycles. The first kappa shape index (κ1) is 37.9. The van der Waals surface area contributed by atoms with Crippen LogP contribution < -0.4 is 15.0 Å². The van der Waals surface area contributed by atoms with Gasteiger partial charge in [-0.25, -0.2) is 4.79 Å². The number of hydrogen-bond donors (Lipinski definition) is 1. The molecule has 0 saturated carbocycles. The van der Waals surface area contributed by atoms with Crippen molar-refractivity contribution in [2.75, 3.05) is 23.3 Å². The van der Waals surface area contributed by atoms with Gasteiger partial charge in [-0.1, -0.05) is 70.2 Å². The summed E-state index contributed by atoms with van der Waals surface area (Å²) in [5.74, 6) is 1.62. The van der Waals surface area contributed by atoms with E-state index in [4.69, 9.17) is 9.47 Å². The van der Waals surface area contributed by atoms with Gasteiger partial charge in [-0.15, -0.1) is 0 Å². The molecule has 0 aromatic heterocycles. The molecule has 0 unspecified atom stereocenters. The first-order chi connectivity index (χ1) is 25.2. The van der Waals surface area contributed by atoms with Gasteiger partial charge in [0.2, 0.25) is 5.69 Å². The smallest absolute Gasteiger partial charge is 0.412 e. The van der Waals surface area contributed by atoms with Crippen molar-refractivity contribution in [2.45, 2.75) is 111 Å². The number of nitrogens with zero attached hydrogens (tertiary/aromatic N) is 2. The lowest BCUT2D eigenvalue weighted by Gasteiger charge is -2.27. The summed E-state index contributed by atoms with van der Waals surface area (Å²) >= 11 is 0. The van der Waals surface area contributed by atoms with Crippen molar-refractivity contribution in [1.29, 1.82) is 0 Å². The molecule has 0 saturated heterocycles. The predicted octanol–water partition coefficient (Wildman–Crippen LogP) is 11.9. The van der Waals surface area contributed by atoms with Crippen LogP contribution in [0, 0.1) is 0 Å². The van der Waals surface area contributed by atoms with Crippen molar-refractivity contribution in [2.24, 2.45) is 0 Å². The molecule has 0 fully saturated rings. The van der Waals surface area contributed by atoms with Crippen molar-refractivity contribution in [1.82, 2.24) is 0 Å². The number of carbonyl (C=O) groups is 1. The quantitative estimate of drug-likeness (QED) is 0.213. The second-order valence-electron chi connectivity index (χ2n) is 16.5. The number of allylic oxidation sites excluding steroid dienone is 7. The van der Waals surface area contributed by atoms with Crippen LogP contribution in [0.2, 0.25) is 0 Å². The first-order valence-electron chi connectivity index (χ1n) is 19.5. The van der Waals surface area contributed by atoms with E-state index >= 15 is 0 Å². The lowest BCUT2D eigenvalue weighted by Crippen LogP contribution is -2.28. The van der Waals surface area contributed by atoms with E-state index in [0.717, 1.165) is 56.7 Å². The zero-order chi connectivity index (χ0) is 38.0. The van der Waals surface area contributed by atoms with Gasteiger partial charge < -0.3 is 14.4 Å². The maximum atomic E-state index is 12.4. The third kappa shape index (κ3) is 7.93. The van der Waals surface area contributed by atoms with E-state index in [1.165, 1.54) is 45.1 Å². The maximum absolute atomic E-state index is 12.4. The van der Waals surface area contributed by atoms with E-state index in [-0.39, 0.29) is 10.8 Å². The summed E-state index contributed by atoms with van der Waals surface area (Å²) < 4.78 is 14.8. The van der Waals surface area contributed by atoms with Crippen molar-refractivity contribution in [3.63, 3.8) is 0 Å². The van der Waals surface area contributed by atoms with Crippen molar-refractivity contribution in [3.05, 3.63) is 131 Å². The monoisotopic (exact) mass is 712 g/mol. The van der Waals surface area contributed by atoms with Gasteiger partial charge in [0.25, 0.3) is 0 Å². The largest absolute Gasteiger partial charge is 0.457 e. The number of rotatable bonds is 10. The Morgan fingerprint density at radius 1 is 0.849 bits per heavy atom. The molecular weight excluding hydrogens is 655 g/mol. The fourth-order valence-electron chi connectivity index (χ4n) is 8.07. The lowest BCUT2D eigenvalue weighted by molar-refractivity contribution is -0.437. The van der Waals surface area contributed by atoms with E-state index in [0.29, 0.717) is 5.69 Å². The molecule has 0 bridgehead atoms. The van der Waals surface area contributed by atoms with Crippen molar-refractivity contribution in [3.8, 4) is 5.75 Å². The summed E-state index contributed by atoms with van der Waals surface area (Å²) in [4.78, 5) is 14.9. The van der Waals surface area contributed by atoms with Gasteiger partial charge in [0, 0.05) is 53.2 Å². The number of carbonyl (C=O) groups excluding carboxylic acids is 1. The molecule has 1 N–H and O–H groups in total. The van der Waals surface area contributed by atoms with Crippen LogP contribution in [0.5, 0.6) is 5.75 Å². The highest BCUT2D eigenvalue weighted by Crippen LogP contribution is 2.48. The van der Waals surface area contributed by atoms with E-state index < -0.39 is 11.7 Å². The maximum Gasteiger partial charge on any atom is 0.412 e. The minimum Gasteiger partial charge on any atom is -0.457 e. The van der Waals surface area contributed by atoms with Gasteiger partial charge in [-0.3, -0.25) is 5.32 Å². The zero-order valence-corrected chi connectivity index (χ0v) is 33.3. The van der Waals surface area contributed by atoms with Crippen LogP contribution >= 0.6 is 0 Å². The summed E-state index contributed by atoms with van der Waals surface area (Å²) in [6.45, 7) is 21.3. The molecule has 3 aromatic carbocycles. The summed E-state index contributed by atoms with van der Waals surface area (Å²) in [6, 6.07) is 25.2. The number of hydrogen-bond acceptors (Lipinski definition) is 4. The molecular formula is C47H58N3O3+. The molecule has 3 aliphatic rings. The normalized spacial score (nSPS) is 19.3. The number of fused-ring (bicyclic) bond motifs is 2. The van der Waals surface area contributed by atoms with Crippen LogP contribution in [-0.4, -0.2) is 35.1 Å². The molecule has 0 radical (unpaired) electrons. The molecule has 6 heteroatoms. The molecule has 278 valence electrons. The highest BCUT2D eigenvalue weighted by atomic mass is 16.6. The fourth-order valence-corrected chi connectivity index (χ4v) is 8.07. The zero-order valence-electron chi connectivity index (χ0n) is 33.3. The SMILES string of the molecule is CCCN1/C(=C/C=C2\CCCC(/C=C/C3=[N+](CCC)c4ccccc4C3(C)C)=C2Oc2ccc(NC(=O)OC(C)(C)C)cc2)C(C)(C)c2ccccc21. The highest BCUT2D eigenvalue weighted by Gasteiger charge is 2.44.